The maximum Gasteiger partial charge on any atom is 0.348 e. The number of hydrogen-bond donors (Lipinski definition) is 4. The first-order valence-corrected chi connectivity index (χ1v) is 4.83. The zero-order chi connectivity index (χ0) is 13.7. The van der Waals surface area contributed by atoms with Gasteiger partial charge in [0.15, 0.2) is 5.96 Å². The smallest absolute Gasteiger partial charge is 0.348 e. The van der Waals surface area contributed by atoms with E-state index in [0.29, 0.717) is 0 Å². The first kappa shape index (κ1) is 13.4. The number of nitrogens with zero attached hydrogens (tertiary/aromatic N) is 1. The molecular formula is C10H14N4O4. The summed E-state index contributed by atoms with van der Waals surface area (Å²) in [5, 5.41) is 11.8. The van der Waals surface area contributed by atoms with E-state index in [0.717, 1.165) is 0 Å². The molecular weight excluding hydrogens is 240 g/mol. The Morgan fingerprint density at radius 3 is 2.17 bits per heavy atom. The molecule has 1 aromatic carbocycles. The van der Waals surface area contributed by atoms with E-state index in [4.69, 9.17) is 20.9 Å². The van der Waals surface area contributed by atoms with Crippen LogP contribution in [0, 0.1) is 0 Å². The van der Waals surface area contributed by atoms with Crippen LogP contribution >= 0.6 is 0 Å². The Hall–Kier alpha value is -2.64. The van der Waals surface area contributed by atoms with Gasteiger partial charge in [0, 0.05) is 12.1 Å². The molecule has 2 amide bonds. The van der Waals surface area contributed by atoms with Gasteiger partial charge in [-0.25, -0.2) is 4.79 Å². The zero-order valence-electron chi connectivity index (χ0n) is 9.93. The van der Waals surface area contributed by atoms with Crippen molar-refractivity contribution in [3.63, 3.8) is 0 Å². The van der Waals surface area contributed by atoms with E-state index in [-0.39, 0.29) is 28.9 Å². The van der Waals surface area contributed by atoms with Crippen LogP contribution < -0.4 is 26.3 Å². The van der Waals surface area contributed by atoms with Crippen LogP contribution in [0.4, 0.5) is 10.5 Å². The van der Waals surface area contributed by atoms with Gasteiger partial charge in [0.25, 0.3) is 0 Å². The van der Waals surface area contributed by atoms with Crippen molar-refractivity contribution in [1.82, 2.24) is 0 Å². The van der Waals surface area contributed by atoms with Crippen LogP contribution in [0.3, 0.4) is 0 Å². The number of amides is 2. The van der Waals surface area contributed by atoms with E-state index in [9.17, 15) is 9.90 Å². The fourth-order valence-electron chi connectivity index (χ4n) is 1.27. The molecule has 0 bridgehead atoms. The van der Waals surface area contributed by atoms with E-state index < -0.39 is 6.03 Å². The Morgan fingerprint density at radius 2 is 1.78 bits per heavy atom. The standard InChI is InChI=1S/C10H14N4O4/c1-17-6-3-5(15)4-7(18-2)8(6)13-10(16)14-9(11)12/h3-4,15H,1-2H3,(H5,11,12,13,14,16). The maximum atomic E-state index is 11.4. The Labute approximate surface area is 103 Å². The summed E-state index contributed by atoms with van der Waals surface area (Å²) in [6.45, 7) is 0. The van der Waals surface area contributed by atoms with Gasteiger partial charge >= 0.3 is 6.03 Å². The summed E-state index contributed by atoms with van der Waals surface area (Å²) in [7, 11) is 2.76. The molecule has 18 heavy (non-hydrogen) atoms. The van der Waals surface area contributed by atoms with Crippen molar-refractivity contribution in [2.45, 2.75) is 0 Å². The van der Waals surface area contributed by atoms with Gasteiger partial charge in [0.2, 0.25) is 0 Å². The molecule has 8 nitrogen and oxygen atoms in total. The van der Waals surface area contributed by atoms with Crippen molar-refractivity contribution >= 4 is 17.7 Å². The number of hydrogen-bond acceptors (Lipinski definition) is 4. The fraction of sp³-hybridized carbons (Fsp3) is 0.200. The number of carbonyl (C=O) groups is 1. The Morgan fingerprint density at radius 1 is 1.28 bits per heavy atom. The number of methoxy groups -OCH3 is 2. The third kappa shape index (κ3) is 3.17. The van der Waals surface area contributed by atoms with E-state index >= 15 is 0 Å². The van der Waals surface area contributed by atoms with E-state index in [1.54, 1.807) is 0 Å². The molecule has 0 saturated heterocycles. The normalized spacial score (nSPS) is 9.44. The molecule has 0 spiro atoms. The molecule has 0 aliphatic rings. The van der Waals surface area contributed by atoms with E-state index in [2.05, 4.69) is 10.3 Å². The summed E-state index contributed by atoms with van der Waals surface area (Å²) in [5.74, 6) is -0.00950. The van der Waals surface area contributed by atoms with Crippen LogP contribution in [0.25, 0.3) is 0 Å². The SMILES string of the molecule is COc1cc(O)cc(OC)c1NC(=O)N=C(N)N. The molecule has 0 fully saturated rings. The van der Waals surface area contributed by atoms with Gasteiger partial charge in [0.05, 0.1) is 14.2 Å². The lowest BCUT2D eigenvalue weighted by Gasteiger charge is -2.13. The topological polar surface area (TPSA) is 132 Å². The number of nitrogens with two attached hydrogens (primary N) is 2. The molecule has 0 aromatic heterocycles. The van der Waals surface area contributed by atoms with Crippen LogP contribution in [0.15, 0.2) is 17.1 Å². The average Bonchev–Trinajstić information content (AvgIpc) is 2.29. The number of nitrogens with one attached hydrogen (secondary N) is 1. The first-order valence-electron chi connectivity index (χ1n) is 4.83. The highest BCUT2D eigenvalue weighted by molar-refractivity contribution is 6.00. The fourth-order valence-corrected chi connectivity index (χ4v) is 1.27. The molecule has 1 rings (SSSR count). The lowest BCUT2D eigenvalue weighted by Crippen LogP contribution is -2.25. The molecule has 0 heterocycles. The number of phenolic OH excluding ortho intramolecular Hbond substituents is 1. The average molecular weight is 254 g/mol. The van der Waals surface area contributed by atoms with Crippen molar-refractivity contribution in [3.05, 3.63) is 12.1 Å². The van der Waals surface area contributed by atoms with Crippen LogP contribution in [-0.2, 0) is 0 Å². The number of aliphatic imine (C=N–C) groups is 1. The first-order chi connectivity index (χ1) is 8.47. The largest absolute Gasteiger partial charge is 0.508 e. The van der Waals surface area contributed by atoms with Gasteiger partial charge in [-0.2, -0.15) is 4.99 Å². The van der Waals surface area contributed by atoms with Crippen LogP contribution in [0.1, 0.15) is 0 Å². The Balaban J connectivity index is 3.14. The third-order valence-corrected chi connectivity index (χ3v) is 1.95. The molecule has 0 unspecified atom stereocenters. The highest BCUT2D eigenvalue weighted by Gasteiger charge is 2.14. The van der Waals surface area contributed by atoms with Crippen LogP contribution in [0.5, 0.6) is 17.2 Å². The lowest BCUT2D eigenvalue weighted by atomic mass is 10.2. The van der Waals surface area contributed by atoms with Gasteiger partial charge in [-0.15, -0.1) is 0 Å². The molecule has 8 heteroatoms. The minimum Gasteiger partial charge on any atom is -0.508 e. The van der Waals surface area contributed by atoms with Crippen molar-refractivity contribution in [3.8, 4) is 17.2 Å². The summed E-state index contributed by atoms with van der Waals surface area (Å²) >= 11 is 0. The highest BCUT2D eigenvalue weighted by atomic mass is 16.5. The number of benzene rings is 1. The Kier molecular flexibility index (Phi) is 4.19. The third-order valence-electron chi connectivity index (χ3n) is 1.95. The summed E-state index contributed by atoms with van der Waals surface area (Å²) < 4.78 is 10.0. The number of aromatic hydroxyl groups is 1. The van der Waals surface area contributed by atoms with Gasteiger partial charge < -0.3 is 26.0 Å². The van der Waals surface area contributed by atoms with E-state index in [1.165, 1.54) is 26.4 Å². The zero-order valence-corrected chi connectivity index (χ0v) is 9.93. The second kappa shape index (κ2) is 5.62. The second-order valence-electron chi connectivity index (χ2n) is 3.19. The molecule has 0 aliphatic heterocycles. The monoisotopic (exact) mass is 254 g/mol. The minimum absolute atomic E-state index is 0.0662. The molecule has 0 aliphatic carbocycles. The number of urea groups is 1. The lowest BCUT2D eigenvalue weighted by molar-refractivity contribution is 0.259. The van der Waals surface area contributed by atoms with Crippen molar-refractivity contribution in [2.75, 3.05) is 19.5 Å². The summed E-state index contributed by atoms with van der Waals surface area (Å²) in [5.41, 5.74) is 10.4. The minimum atomic E-state index is -0.780. The number of anilines is 1. The second-order valence-corrected chi connectivity index (χ2v) is 3.19. The van der Waals surface area contributed by atoms with Crippen molar-refractivity contribution in [1.29, 1.82) is 0 Å². The van der Waals surface area contributed by atoms with Crippen LogP contribution in [-0.4, -0.2) is 31.3 Å². The molecule has 6 N–H and O–H groups in total. The van der Waals surface area contributed by atoms with Crippen molar-refractivity contribution < 1.29 is 19.4 Å². The molecule has 98 valence electrons. The van der Waals surface area contributed by atoms with Crippen LogP contribution in [0.2, 0.25) is 0 Å². The van der Waals surface area contributed by atoms with Gasteiger partial charge in [-0.05, 0) is 0 Å². The predicted octanol–water partition coefficient (Wildman–Crippen LogP) is 0.215. The Bertz CT molecular complexity index is 458. The summed E-state index contributed by atoms with van der Waals surface area (Å²) in [4.78, 5) is 14.7. The summed E-state index contributed by atoms with van der Waals surface area (Å²) in [6.07, 6.45) is 0. The summed E-state index contributed by atoms with van der Waals surface area (Å²) in [6, 6.07) is 1.85. The number of rotatable bonds is 3. The number of carbonyl (C=O) groups excluding carboxylic acids is 1. The number of guanidine groups is 1. The quantitative estimate of drug-likeness (QED) is 0.346. The molecule has 0 saturated carbocycles. The van der Waals surface area contributed by atoms with Gasteiger partial charge in [0.1, 0.15) is 22.9 Å². The molecule has 0 radical (unpaired) electrons. The van der Waals surface area contributed by atoms with E-state index in [1.807, 2.05) is 0 Å². The molecule has 1 aromatic rings. The number of ether oxygens (including phenoxy) is 2. The number of phenols is 1. The van der Waals surface area contributed by atoms with Gasteiger partial charge in [-0.1, -0.05) is 0 Å². The predicted molar refractivity (Wildman–Crippen MR) is 66.0 cm³/mol. The maximum absolute atomic E-state index is 11.4. The highest BCUT2D eigenvalue weighted by Crippen LogP contribution is 2.38. The van der Waals surface area contributed by atoms with Crippen molar-refractivity contribution in [2.24, 2.45) is 16.5 Å². The van der Waals surface area contributed by atoms with Gasteiger partial charge in [-0.3, -0.25) is 5.32 Å². The molecule has 0 atom stereocenters.